The summed E-state index contributed by atoms with van der Waals surface area (Å²) in [5, 5.41) is 19.9. The van der Waals surface area contributed by atoms with Gasteiger partial charge < -0.3 is 5.11 Å². The number of aliphatic carboxylic acids is 1. The third-order valence-corrected chi connectivity index (χ3v) is 4.44. The molecular formula is C15H16ClN3O6. The minimum Gasteiger partial charge on any atom is -0.481 e. The molecule has 3 N–H and O–H groups in total. The minimum atomic E-state index is -1.04. The topological polar surface area (TPSA) is 139 Å². The summed E-state index contributed by atoms with van der Waals surface area (Å²) < 4.78 is 0. The SMILES string of the molecule is O=C(NNC(=O)[C@@H]1CCCC[C@@H]1C(=O)O)c1ccc(Cl)c([N+](=O)[O-])c1. The monoisotopic (exact) mass is 369 g/mol. The quantitative estimate of drug-likeness (QED) is 0.547. The van der Waals surface area contributed by atoms with Crippen LogP contribution in [0.1, 0.15) is 36.0 Å². The number of hydrazine groups is 1. The Balaban J connectivity index is 2.02. The van der Waals surface area contributed by atoms with Gasteiger partial charge >= 0.3 is 5.97 Å². The number of nitrogens with zero attached hydrogens (tertiary/aromatic N) is 1. The van der Waals surface area contributed by atoms with Gasteiger partial charge in [-0.2, -0.15) is 0 Å². The van der Waals surface area contributed by atoms with Crippen molar-refractivity contribution < 1.29 is 24.4 Å². The lowest BCUT2D eigenvalue weighted by Gasteiger charge is -2.27. The van der Waals surface area contributed by atoms with E-state index < -0.39 is 40.2 Å². The Kier molecular flexibility index (Phi) is 5.92. The van der Waals surface area contributed by atoms with Gasteiger partial charge in [-0.1, -0.05) is 24.4 Å². The average molecular weight is 370 g/mol. The Hall–Kier alpha value is -2.68. The molecule has 134 valence electrons. The van der Waals surface area contributed by atoms with Gasteiger partial charge in [0, 0.05) is 11.6 Å². The van der Waals surface area contributed by atoms with Gasteiger partial charge in [-0.15, -0.1) is 0 Å². The van der Waals surface area contributed by atoms with Crippen molar-refractivity contribution in [3.63, 3.8) is 0 Å². The molecule has 2 amide bonds. The molecule has 10 heteroatoms. The van der Waals surface area contributed by atoms with Crippen molar-refractivity contribution in [3.05, 3.63) is 38.9 Å². The number of nitrogens with one attached hydrogen (secondary N) is 2. The molecule has 1 aliphatic carbocycles. The van der Waals surface area contributed by atoms with Gasteiger partial charge in [-0.3, -0.25) is 35.3 Å². The molecule has 0 heterocycles. The number of carboxylic acids is 1. The van der Waals surface area contributed by atoms with Crippen molar-refractivity contribution in [3.8, 4) is 0 Å². The molecule has 0 saturated heterocycles. The Morgan fingerprint density at radius 1 is 1.16 bits per heavy atom. The second-order valence-corrected chi connectivity index (χ2v) is 6.11. The number of rotatable bonds is 4. The van der Waals surface area contributed by atoms with Crippen molar-refractivity contribution in [2.24, 2.45) is 11.8 Å². The summed E-state index contributed by atoms with van der Waals surface area (Å²) in [6.07, 6.45) is 2.30. The van der Waals surface area contributed by atoms with Crippen LogP contribution < -0.4 is 10.9 Å². The predicted octanol–water partition coefficient (Wildman–Crippen LogP) is 1.90. The summed E-state index contributed by atoms with van der Waals surface area (Å²) in [5.41, 5.74) is 3.85. The lowest BCUT2D eigenvalue weighted by atomic mass is 9.79. The fourth-order valence-electron chi connectivity index (χ4n) is 2.82. The van der Waals surface area contributed by atoms with Crippen LogP contribution in [0.5, 0.6) is 0 Å². The summed E-state index contributed by atoms with van der Waals surface area (Å²) in [5.74, 6) is -3.92. The van der Waals surface area contributed by atoms with Crippen LogP contribution in [0.25, 0.3) is 0 Å². The maximum Gasteiger partial charge on any atom is 0.307 e. The van der Waals surface area contributed by atoms with Crippen molar-refractivity contribution in [2.75, 3.05) is 0 Å². The number of carboxylic acid groups (broad SMARTS) is 1. The van der Waals surface area contributed by atoms with E-state index in [4.69, 9.17) is 11.6 Å². The van der Waals surface area contributed by atoms with Crippen molar-refractivity contribution in [2.45, 2.75) is 25.7 Å². The number of carbonyl (C=O) groups excluding carboxylic acids is 2. The molecule has 0 aromatic heterocycles. The molecule has 1 aromatic rings. The zero-order chi connectivity index (χ0) is 18.6. The lowest BCUT2D eigenvalue weighted by Crippen LogP contribution is -2.47. The molecule has 0 spiro atoms. The molecule has 1 saturated carbocycles. The van der Waals surface area contributed by atoms with Gasteiger partial charge in [-0.25, -0.2) is 0 Å². The fraction of sp³-hybridized carbons (Fsp3) is 0.400. The first-order chi connectivity index (χ1) is 11.8. The zero-order valence-electron chi connectivity index (χ0n) is 13.0. The third-order valence-electron chi connectivity index (χ3n) is 4.12. The Labute approximate surface area is 147 Å². The van der Waals surface area contributed by atoms with E-state index in [1.807, 2.05) is 0 Å². The maximum absolute atomic E-state index is 12.2. The molecule has 25 heavy (non-hydrogen) atoms. The summed E-state index contributed by atoms with van der Waals surface area (Å²) in [6, 6.07) is 3.47. The van der Waals surface area contributed by atoms with E-state index in [2.05, 4.69) is 10.9 Å². The number of amides is 2. The van der Waals surface area contributed by atoms with Crippen LogP contribution in [0.15, 0.2) is 18.2 Å². The molecular weight excluding hydrogens is 354 g/mol. The van der Waals surface area contributed by atoms with E-state index in [0.717, 1.165) is 18.9 Å². The van der Waals surface area contributed by atoms with Crippen LogP contribution in [0.3, 0.4) is 0 Å². The van der Waals surface area contributed by atoms with Crippen LogP contribution in [0.4, 0.5) is 5.69 Å². The highest BCUT2D eigenvalue weighted by molar-refractivity contribution is 6.32. The minimum absolute atomic E-state index is 0.0603. The first-order valence-electron chi connectivity index (χ1n) is 7.58. The Morgan fingerprint density at radius 2 is 1.80 bits per heavy atom. The number of nitro benzene ring substituents is 1. The van der Waals surface area contributed by atoms with Crippen molar-refractivity contribution >= 4 is 35.1 Å². The maximum atomic E-state index is 12.2. The molecule has 0 aliphatic heterocycles. The second kappa shape index (κ2) is 7.93. The number of benzene rings is 1. The molecule has 0 bridgehead atoms. The molecule has 2 rings (SSSR count). The number of hydrogen-bond donors (Lipinski definition) is 3. The molecule has 2 atom stereocenters. The second-order valence-electron chi connectivity index (χ2n) is 5.70. The normalized spacial score (nSPS) is 19.7. The molecule has 0 unspecified atom stereocenters. The van der Waals surface area contributed by atoms with Crippen LogP contribution in [0, 0.1) is 22.0 Å². The molecule has 9 nitrogen and oxygen atoms in total. The molecule has 1 aromatic carbocycles. The highest BCUT2D eigenvalue weighted by atomic mass is 35.5. The van der Waals surface area contributed by atoms with Gasteiger partial charge in [-0.05, 0) is 25.0 Å². The first-order valence-corrected chi connectivity index (χ1v) is 7.96. The fourth-order valence-corrected chi connectivity index (χ4v) is 3.00. The van der Waals surface area contributed by atoms with Crippen molar-refractivity contribution in [1.82, 2.24) is 10.9 Å². The van der Waals surface area contributed by atoms with E-state index in [-0.39, 0.29) is 10.6 Å². The standard InChI is InChI=1S/C15H16ClN3O6/c16-11-6-5-8(7-12(11)19(24)25)13(20)17-18-14(21)9-3-1-2-4-10(9)15(22)23/h5-7,9-10H,1-4H2,(H,17,20)(H,18,21)(H,22,23)/t9-,10+/m1/s1. The largest absolute Gasteiger partial charge is 0.481 e. The number of hydrogen-bond acceptors (Lipinski definition) is 5. The number of nitro groups is 1. The van der Waals surface area contributed by atoms with Crippen molar-refractivity contribution in [1.29, 1.82) is 0 Å². The van der Waals surface area contributed by atoms with Gasteiger partial charge in [0.25, 0.3) is 11.6 Å². The number of carbonyl (C=O) groups is 3. The Morgan fingerprint density at radius 3 is 2.40 bits per heavy atom. The summed E-state index contributed by atoms with van der Waals surface area (Å²) >= 11 is 5.67. The molecule has 0 radical (unpaired) electrons. The van der Waals surface area contributed by atoms with Crippen LogP contribution in [-0.2, 0) is 9.59 Å². The van der Waals surface area contributed by atoms with Gasteiger partial charge in [0.1, 0.15) is 5.02 Å². The third kappa shape index (κ3) is 4.44. The predicted molar refractivity (Wildman–Crippen MR) is 86.8 cm³/mol. The molecule has 1 fully saturated rings. The van der Waals surface area contributed by atoms with Gasteiger partial charge in [0.2, 0.25) is 5.91 Å². The van der Waals surface area contributed by atoms with E-state index >= 15 is 0 Å². The highest BCUT2D eigenvalue weighted by Crippen LogP contribution is 2.30. The van der Waals surface area contributed by atoms with Crippen LogP contribution >= 0.6 is 11.6 Å². The van der Waals surface area contributed by atoms with E-state index in [1.165, 1.54) is 12.1 Å². The van der Waals surface area contributed by atoms with E-state index in [9.17, 15) is 29.6 Å². The first kappa shape index (κ1) is 18.7. The smallest absolute Gasteiger partial charge is 0.307 e. The lowest BCUT2D eigenvalue weighted by molar-refractivity contribution is -0.384. The Bertz CT molecular complexity index is 723. The number of halogens is 1. The van der Waals surface area contributed by atoms with Gasteiger partial charge in [0.15, 0.2) is 0 Å². The van der Waals surface area contributed by atoms with Crippen LogP contribution in [-0.4, -0.2) is 27.8 Å². The average Bonchev–Trinajstić information content (AvgIpc) is 2.59. The van der Waals surface area contributed by atoms with E-state index in [0.29, 0.717) is 12.8 Å². The van der Waals surface area contributed by atoms with Crippen LogP contribution in [0.2, 0.25) is 5.02 Å². The zero-order valence-corrected chi connectivity index (χ0v) is 13.8. The van der Waals surface area contributed by atoms with E-state index in [1.54, 1.807) is 0 Å². The van der Waals surface area contributed by atoms with Gasteiger partial charge in [0.05, 0.1) is 16.8 Å². The summed E-state index contributed by atoms with van der Waals surface area (Å²) in [4.78, 5) is 45.5. The summed E-state index contributed by atoms with van der Waals surface area (Å²) in [7, 11) is 0. The summed E-state index contributed by atoms with van der Waals surface area (Å²) in [6.45, 7) is 0. The highest BCUT2D eigenvalue weighted by Gasteiger charge is 2.35. The molecule has 1 aliphatic rings.